The lowest BCUT2D eigenvalue weighted by Crippen LogP contribution is -1.97. The molecular formula is C9H7F2NO2. The smallest absolute Gasteiger partial charge is 0.235 e. The molecule has 0 aliphatic heterocycles. The number of aliphatic imine (C=N–C) groups is 1. The third-order valence-corrected chi connectivity index (χ3v) is 1.73. The van der Waals surface area contributed by atoms with Crippen LogP contribution in [0.3, 0.4) is 0 Å². The van der Waals surface area contributed by atoms with Gasteiger partial charge in [0, 0.05) is 0 Å². The van der Waals surface area contributed by atoms with Crippen molar-refractivity contribution in [2.24, 2.45) is 4.99 Å². The zero-order valence-corrected chi connectivity index (χ0v) is 7.13. The maximum Gasteiger partial charge on any atom is 0.235 e. The van der Waals surface area contributed by atoms with Crippen LogP contribution in [0.25, 0.3) is 0 Å². The quantitative estimate of drug-likeness (QED) is 0.589. The molecule has 3 nitrogen and oxygen atoms in total. The van der Waals surface area contributed by atoms with Crippen LogP contribution in [0.5, 0.6) is 0 Å². The van der Waals surface area contributed by atoms with E-state index in [1.165, 1.54) is 6.08 Å². The Bertz CT molecular complexity index is 387. The van der Waals surface area contributed by atoms with Crippen molar-refractivity contribution in [2.75, 3.05) is 0 Å². The molecule has 0 amide bonds. The minimum atomic E-state index is -1.03. The van der Waals surface area contributed by atoms with Crippen LogP contribution in [0, 0.1) is 11.6 Å². The summed E-state index contributed by atoms with van der Waals surface area (Å²) in [7, 11) is 0. The number of carbonyl (C=O) groups excluding carboxylic acids is 1. The molecule has 1 N–H and O–H groups in total. The van der Waals surface area contributed by atoms with E-state index in [0.717, 1.165) is 12.1 Å². The second-order valence-corrected chi connectivity index (χ2v) is 2.60. The third-order valence-electron chi connectivity index (χ3n) is 1.73. The Hall–Kier alpha value is -1.58. The Morgan fingerprint density at radius 2 is 1.86 bits per heavy atom. The molecule has 0 aliphatic carbocycles. The average molecular weight is 199 g/mol. The van der Waals surface area contributed by atoms with Gasteiger partial charge in [-0.25, -0.2) is 18.6 Å². The minimum Gasteiger partial charge on any atom is -0.392 e. The van der Waals surface area contributed by atoms with E-state index >= 15 is 0 Å². The molecule has 0 aliphatic rings. The van der Waals surface area contributed by atoms with Crippen molar-refractivity contribution in [3.05, 3.63) is 34.9 Å². The van der Waals surface area contributed by atoms with E-state index in [1.807, 2.05) is 0 Å². The molecule has 0 heterocycles. The van der Waals surface area contributed by atoms with E-state index in [-0.39, 0.29) is 17.7 Å². The van der Waals surface area contributed by atoms with E-state index in [2.05, 4.69) is 4.99 Å². The molecule has 74 valence electrons. The number of hydrogen-bond acceptors (Lipinski definition) is 3. The molecule has 1 aromatic rings. The largest absolute Gasteiger partial charge is 0.392 e. The number of isocyanates is 1. The van der Waals surface area contributed by atoms with E-state index in [9.17, 15) is 13.6 Å². The van der Waals surface area contributed by atoms with Crippen molar-refractivity contribution < 1.29 is 18.7 Å². The van der Waals surface area contributed by atoms with Crippen LogP contribution in [0.2, 0.25) is 0 Å². The highest BCUT2D eigenvalue weighted by molar-refractivity contribution is 5.35. The van der Waals surface area contributed by atoms with Gasteiger partial charge < -0.3 is 5.11 Å². The standard InChI is InChI=1S/C9H7F2NO2/c10-8-1-6(3-12-5-14)7(4-13)2-9(8)11/h1-2,13H,3-4H2. The molecule has 0 spiro atoms. The Kier molecular flexibility index (Phi) is 3.45. The molecule has 0 saturated heterocycles. The number of aliphatic hydroxyl groups excluding tert-OH is 1. The van der Waals surface area contributed by atoms with Crippen molar-refractivity contribution >= 4 is 6.08 Å². The Labute approximate surface area is 78.7 Å². The lowest BCUT2D eigenvalue weighted by atomic mass is 10.1. The fourth-order valence-electron chi connectivity index (χ4n) is 1.04. The number of halogens is 2. The van der Waals surface area contributed by atoms with Crippen LogP contribution in [0.15, 0.2) is 17.1 Å². The molecule has 0 radical (unpaired) electrons. The monoisotopic (exact) mass is 199 g/mol. The lowest BCUT2D eigenvalue weighted by molar-refractivity contribution is 0.279. The first-order chi connectivity index (χ1) is 6.69. The first-order valence-corrected chi connectivity index (χ1v) is 3.80. The summed E-state index contributed by atoms with van der Waals surface area (Å²) in [5.41, 5.74) is 0.484. The number of benzene rings is 1. The van der Waals surface area contributed by atoms with Crippen LogP contribution >= 0.6 is 0 Å². The predicted molar refractivity (Wildman–Crippen MR) is 44.1 cm³/mol. The predicted octanol–water partition coefficient (Wildman–Crippen LogP) is 1.29. The van der Waals surface area contributed by atoms with Gasteiger partial charge in [-0.05, 0) is 23.3 Å². The number of rotatable bonds is 3. The molecule has 5 heteroatoms. The molecule has 0 unspecified atom stereocenters. The summed E-state index contributed by atoms with van der Waals surface area (Å²) in [4.78, 5) is 13.0. The molecule has 0 aromatic heterocycles. The first kappa shape index (κ1) is 10.5. The first-order valence-electron chi connectivity index (χ1n) is 3.80. The Balaban J connectivity index is 3.12. The van der Waals surface area contributed by atoms with Gasteiger partial charge in [0.2, 0.25) is 6.08 Å². The van der Waals surface area contributed by atoms with E-state index < -0.39 is 18.2 Å². The van der Waals surface area contributed by atoms with Crippen LogP contribution in [0.4, 0.5) is 8.78 Å². The summed E-state index contributed by atoms with van der Waals surface area (Å²) in [5.74, 6) is -2.06. The normalized spacial score (nSPS) is 9.64. The molecule has 1 aromatic carbocycles. The molecule has 0 atom stereocenters. The lowest BCUT2D eigenvalue weighted by Gasteiger charge is -2.04. The van der Waals surface area contributed by atoms with Crippen LogP contribution in [-0.2, 0) is 17.9 Å². The van der Waals surface area contributed by atoms with Gasteiger partial charge in [0.1, 0.15) is 0 Å². The van der Waals surface area contributed by atoms with Gasteiger partial charge in [-0.15, -0.1) is 0 Å². The maximum absolute atomic E-state index is 12.7. The zero-order chi connectivity index (χ0) is 10.6. The van der Waals surface area contributed by atoms with Gasteiger partial charge in [0.15, 0.2) is 11.6 Å². The summed E-state index contributed by atoms with van der Waals surface area (Å²) in [6.07, 6.45) is 1.28. The van der Waals surface area contributed by atoms with Gasteiger partial charge in [0.25, 0.3) is 0 Å². The summed E-state index contributed by atoms with van der Waals surface area (Å²) in [6, 6.07) is 1.78. The highest BCUT2D eigenvalue weighted by Crippen LogP contribution is 2.15. The second kappa shape index (κ2) is 4.60. The van der Waals surface area contributed by atoms with Crippen molar-refractivity contribution in [1.82, 2.24) is 0 Å². The van der Waals surface area contributed by atoms with Crippen LogP contribution in [0.1, 0.15) is 11.1 Å². The van der Waals surface area contributed by atoms with E-state index in [4.69, 9.17) is 5.11 Å². The van der Waals surface area contributed by atoms with Gasteiger partial charge in [-0.1, -0.05) is 0 Å². The number of hydrogen-bond donors (Lipinski definition) is 1. The van der Waals surface area contributed by atoms with Crippen LogP contribution in [-0.4, -0.2) is 11.2 Å². The van der Waals surface area contributed by atoms with E-state index in [1.54, 1.807) is 0 Å². The van der Waals surface area contributed by atoms with Gasteiger partial charge in [-0.3, -0.25) is 0 Å². The fraction of sp³-hybridized carbons (Fsp3) is 0.222. The molecule has 1 rings (SSSR count). The third kappa shape index (κ3) is 2.22. The maximum atomic E-state index is 12.7. The number of nitrogens with zero attached hydrogens (tertiary/aromatic N) is 1. The van der Waals surface area contributed by atoms with Crippen LogP contribution < -0.4 is 0 Å². The topological polar surface area (TPSA) is 49.7 Å². The fourth-order valence-corrected chi connectivity index (χ4v) is 1.04. The van der Waals surface area contributed by atoms with Crippen molar-refractivity contribution in [3.8, 4) is 0 Å². The van der Waals surface area contributed by atoms with E-state index in [0.29, 0.717) is 0 Å². The minimum absolute atomic E-state index is 0.114. The summed E-state index contributed by atoms with van der Waals surface area (Å²) in [6.45, 7) is -0.544. The zero-order valence-electron chi connectivity index (χ0n) is 7.13. The summed E-state index contributed by atoms with van der Waals surface area (Å²) < 4.78 is 25.4. The van der Waals surface area contributed by atoms with Crippen molar-refractivity contribution in [3.63, 3.8) is 0 Å². The Morgan fingerprint density at radius 1 is 1.29 bits per heavy atom. The van der Waals surface area contributed by atoms with Crippen molar-refractivity contribution in [1.29, 1.82) is 0 Å². The molecule has 0 saturated carbocycles. The van der Waals surface area contributed by atoms with Gasteiger partial charge >= 0.3 is 0 Å². The van der Waals surface area contributed by atoms with Gasteiger partial charge in [-0.2, -0.15) is 0 Å². The molecule has 0 fully saturated rings. The number of aliphatic hydroxyl groups is 1. The highest BCUT2D eigenvalue weighted by Gasteiger charge is 2.08. The van der Waals surface area contributed by atoms with Crippen molar-refractivity contribution in [2.45, 2.75) is 13.2 Å². The SMILES string of the molecule is O=C=NCc1cc(F)c(F)cc1CO. The van der Waals surface area contributed by atoms with Gasteiger partial charge in [0.05, 0.1) is 13.2 Å². The second-order valence-electron chi connectivity index (χ2n) is 2.60. The molecule has 14 heavy (non-hydrogen) atoms. The Morgan fingerprint density at radius 3 is 2.36 bits per heavy atom. The average Bonchev–Trinajstić information content (AvgIpc) is 2.19. The molecule has 0 bridgehead atoms. The summed E-state index contributed by atoms with van der Waals surface area (Å²) in [5, 5.41) is 8.80. The highest BCUT2D eigenvalue weighted by atomic mass is 19.2. The molecular weight excluding hydrogens is 192 g/mol. The summed E-state index contributed by atoms with van der Waals surface area (Å²) >= 11 is 0.